The van der Waals surface area contributed by atoms with Crippen LogP contribution in [0.15, 0.2) is 24.8 Å². The average Bonchev–Trinajstić information content (AvgIpc) is 2.90. The van der Waals surface area contributed by atoms with Gasteiger partial charge in [-0.2, -0.15) is 0 Å². The van der Waals surface area contributed by atoms with E-state index in [0.29, 0.717) is 23.0 Å². The first-order chi connectivity index (χ1) is 9.65. The van der Waals surface area contributed by atoms with Gasteiger partial charge in [-0.15, -0.1) is 0 Å². The van der Waals surface area contributed by atoms with E-state index < -0.39 is 17.5 Å². The Kier molecular flexibility index (Phi) is 2.97. The van der Waals surface area contributed by atoms with Gasteiger partial charge in [0.2, 0.25) is 0 Å². The molecule has 0 spiro atoms. The standard InChI is InChI=1S/C12H8F3N5/c13-7-2-9(15)8(14)1-6(7)3-16-11-10-12(18-4-17-10)20-5-19-11/h1-2,4-5H,3H2,(H2,16,17,18,19,20). The lowest BCUT2D eigenvalue weighted by atomic mass is 10.2. The lowest BCUT2D eigenvalue weighted by Crippen LogP contribution is -2.05. The van der Waals surface area contributed by atoms with Gasteiger partial charge >= 0.3 is 0 Å². The average molecular weight is 279 g/mol. The summed E-state index contributed by atoms with van der Waals surface area (Å²) in [6, 6.07) is 1.32. The number of rotatable bonds is 3. The van der Waals surface area contributed by atoms with E-state index in [0.717, 1.165) is 6.07 Å². The second-order valence-corrected chi connectivity index (χ2v) is 4.03. The van der Waals surface area contributed by atoms with Crippen molar-refractivity contribution in [1.82, 2.24) is 19.9 Å². The molecule has 0 unspecified atom stereocenters. The summed E-state index contributed by atoms with van der Waals surface area (Å²) in [6.45, 7) is -0.0475. The number of imidazole rings is 1. The highest BCUT2D eigenvalue weighted by molar-refractivity contribution is 5.81. The van der Waals surface area contributed by atoms with Crippen molar-refractivity contribution in [3.05, 3.63) is 47.8 Å². The Morgan fingerprint density at radius 1 is 1.00 bits per heavy atom. The molecule has 8 heteroatoms. The van der Waals surface area contributed by atoms with Gasteiger partial charge in [0, 0.05) is 18.2 Å². The SMILES string of the molecule is Fc1cc(F)c(CNc2ncnc3nc[nH]c23)cc1F. The maximum atomic E-state index is 13.5. The number of halogens is 3. The van der Waals surface area contributed by atoms with Crippen LogP contribution in [0.3, 0.4) is 0 Å². The third-order valence-electron chi connectivity index (χ3n) is 2.76. The van der Waals surface area contributed by atoms with Crippen LogP contribution in [0.1, 0.15) is 5.56 Å². The molecule has 2 heterocycles. The van der Waals surface area contributed by atoms with E-state index in [1.807, 2.05) is 0 Å². The van der Waals surface area contributed by atoms with Crippen molar-refractivity contribution in [2.75, 3.05) is 5.32 Å². The van der Waals surface area contributed by atoms with Crippen LogP contribution in [0.5, 0.6) is 0 Å². The minimum absolute atomic E-state index is 0.00447. The highest BCUT2D eigenvalue weighted by Crippen LogP contribution is 2.18. The van der Waals surface area contributed by atoms with E-state index in [1.165, 1.54) is 12.7 Å². The third-order valence-corrected chi connectivity index (χ3v) is 2.76. The maximum Gasteiger partial charge on any atom is 0.182 e. The summed E-state index contributed by atoms with van der Waals surface area (Å²) in [6.07, 6.45) is 2.75. The zero-order valence-corrected chi connectivity index (χ0v) is 9.99. The molecule has 102 valence electrons. The van der Waals surface area contributed by atoms with Gasteiger partial charge in [-0.25, -0.2) is 28.1 Å². The molecule has 0 aliphatic heterocycles. The molecule has 0 amide bonds. The van der Waals surface area contributed by atoms with Crippen LogP contribution >= 0.6 is 0 Å². The van der Waals surface area contributed by atoms with Gasteiger partial charge in [0.15, 0.2) is 23.1 Å². The summed E-state index contributed by atoms with van der Waals surface area (Å²) in [7, 11) is 0. The van der Waals surface area contributed by atoms with Gasteiger partial charge in [0.25, 0.3) is 0 Å². The fourth-order valence-corrected chi connectivity index (χ4v) is 1.78. The monoisotopic (exact) mass is 279 g/mol. The number of hydrogen-bond donors (Lipinski definition) is 2. The molecule has 0 aliphatic carbocycles. The smallest absolute Gasteiger partial charge is 0.182 e. The van der Waals surface area contributed by atoms with Crippen LogP contribution in [0.25, 0.3) is 11.2 Å². The minimum Gasteiger partial charge on any atom is -0.364 e. The number of fused-ring (bicyclic) bond motifs is 1. The van der Waals surface area contributed by atoms with Gasteiger partial charge in [0.05, 0.1) is 6.33 Å². The van der Waals surface area contributed by atoms with Crippen LogP contribution < -0.4 is 5.32 Å². The number of hydrogen-bond acceptors (Lipinski definition) is 4. The Bertz CT molecular complexity index is 771. The zero-order valence-electron chi connectivity index (χ0n) is 9.99. The number of aromatic amines is 1. The molecule has 0 bridgehead atoms. The first kappa shape index (κ1) is 12.4. The number of aromatic nitrogens is 4. The molecule has 2 aromatic heterocycles. The van der Waals surface area contributed by atoms with Crippen LogP contribution in [-0.2, 0) is 6.54 Å². The predicted molar refractivity (Wildman–Crippen MR) is 65.3 cm³/mol. The summed E-state index contributed by atoms with van der Waals surface area (Å²) in [5.74, 6) is -2.75. The van der Waals surface area contributed by atoms with Crippen LogP contribution in [0, 0.1) is 17.5 Å². The van der Waals surface area contributed by atoms with Crippen molar-refractivity contribution >= 4 is 17.0 Å². The lowest BCUT2D eigenvalue weighted by molar-refractivity contribution is 0.490. The minimum atomic E-state index is -1.22. The Hall–Kier alpha value is -2.64. The van der Waals surface area contributed by atoms with E-state index in [1.54, 1.807) is 0 Å². The van der Waals surface area contributed by atoms with Crippen molar-refractivity contribution in [3.8, 4) is 0 Å². The number of nitrogens with one attached hydrogen (secondary N) is 2. The Balaban J connectivity index is 1.86. The van der Waals surface area contributed by atoms with Gasteiger partial charge in [0.1, 0.15) is 17.7 Å². The molecule has 20 heavy (non-hydrogen) atoms. The number of benzene rings is 1. The van der Waals surface area contributed by atoms with Crippen molar-refractivity contribution in [2.24, 2.45) is 0 Å². The first-order valence-electron chi connectivity index (χ1n) is 5.66. The normalized spacial score (nSPS) is 10.9. The highest BCUT2D eigenvalue weighted by atomic mass is 19.2. The largest absolute Gasteiger partial charge is 0.364 e. The van der Waals surface area contributed by atoms with Crippen molar-refractivity contribution in [2.45, 2.75) is 6.54 Å². The Morgan fingerprint density at radius 3 is 2.65 bits per heavy atom. The number of anilines is 1. The molecular formula is C12H8F3N5. The van der Waals surface area contributed by atoms with Crippen LogP contribution in [-0.4, -0.2) is 19.9 Å². The van der Waals surface area contributed by atoms with Crippen LogP contribution in [0.4, 0.5) is 19.0 Å². The number of H-pyrrole nitrogens is 1. The molecule has 5 nitrogen and oxygen atoms in total. The van der Waals surface area contributed by atoms with E-state index in [4.69, 9.17) is 0 Å². The van der Waals surface area contributed by atoms with Gasteiger partial charge in [-0.05, 0) is 6.07 Å². The van der Waals surface area contributed by atoms with E-state index in [-0.39, 0.29) is 12.1 Å². The predicted octanol–water partition coefficient (Wildman–Crippen LogP) is 2.38. The van der Waals surface area contributed by atoms with E-state index in [2.05, 4.69) is 25.3 Å². The van der Waals surface area contributed by atoms with E-state index >= 15 is 0 Å². The third kappa shape index (κ3) is 2.15. The Morgan fingerprint density at radius 2 is 1.80 bits per heavy atom. The fourth-order valence-electron chi connectivity index (χ4n) is 1.78. The molecule has 0 aliphatic rings. The fraction of sp³-hybridized carbons (Fsp3) is 0.0833. The highest BCUT2D eigenvalue weighted by Gasteiger charge is 2.11. The van der Waals surface area contributed by atoms with Crippen molar-refractivity contribution in [1.29, 1.82) is 0 Å². The van der Waals surface area contributed by atoms with Gasteiger partial charge < -0.3 is 10.3 Å². The van der Waals surface area contributed by atoms with E-state index in [9.17, 15) is 13.2 Å². The Labute approximate surface area is 110 Å². The second-order valence-electron chi connectivity index (χ2n) is 4.03. The van der Waals surface area contributed by atoms with Crippen molar-refractivity contribution < 1.29 is 13.2 Å². The summed E-state index contributed by atoms with van der Waals surface area (Å²) < 4.78 is 39.4. The van der Waals surface area contributed by atoms with Gasteiger partial charge in [-0.1, -0.05) is 0 Å². The topological polar surface area (TPSA) is 66.5 Å². The maximum absolute atomic E-state index is 13.5. The molecule has 0 radical (unpaired) electrons. The summed E-state index contributed by atoms with van der Waals surface area (Å²) >= 11 is 0. The zero-order chi connectivity index (χ0) is 14.1. The lowest BCUT2D eigenvalue weighted by Gasteiger charge is -2.07. The molecule has 2 N–H and O–H groups in total. The van der Waals surface area contributed by atoms with Gasteiger partial charge in [-0.3, -0.25) is 0 Å². The molecule has 1 aromatic carbocycles. The van der Waals surface area contributed by atoms with Crippen LogP contribution in [0.2, 0.25) is 0 Å². The number of nitrogens with zero attached hydrogens (tertiary/aromatic N) is 3. The molecule has 3 rings (SSSR count). The quantitative estimate of drug-likeness (QED) is 0.722. The van der Waals surface area contributed by atoms with Crippen molar-refractivity contribution in [3.63, 3.8) is 0 Å². The summed E-state index contributed by atoms with van der Waals surface area (Å²) in [5.41, 5.74) is 0.999. The first-order valence-corrected chi connectivity index (χ1v) is 5.66. The molecule has 0 saturated heterocycles. The molecule has 3 aromatic rings. The molecular weight excluding hydrogens is 271 g/mol. The molecule has 0 saturated carbocycles. The summed E-state index contributed by atoms with van der Waals surface area (Å²) in [4.78, 5) is 14.7. The molecule has 0 fully saturated rings. The second kappa shape index (κ2) is 4.80. The summed E-state index contributed by atoms with van der Waals surface area (Å²) in [5, 5.41) is 2.83. The molecule has 0 atom stereocenters.